The number of aromatic nitrogens is 1. The van der Waals surface area contributed by atoms with Gasteiger partial charge < -0.3 is 15.0 Å². The number of amides is 1. The lowest BCUT2D eigenvalue weighted by Gasteiger charge is -2.29. The van der Waals surface area contributed by atoms with Crippen LogP contribution in [0.25, 0.3) is 0 Å². The highest BCUT2D eigenvalue weighted by molar-refractivity contribution is 5.81. The molecule has 1 aromatic heterocycles. The van der Waals surface area contributed by atoms with Crippen molar-refractivity contribution in [1.82, 2.24) is 10.3 Å². The molecule has 1 saturated carbocycles. The van der Waals surface area contributed by atoms with E-state index in [1.54, 1.807) is 6.20 Å². The Bertz CT molecular complexity index is 486. The summed E-state index contributed by atoms with van der Waals surface area (Å²) in [4.78, 5) is 18.6. The van der Waals surface area contributed by atoms with Crippen molar-refractivity contribution in [3.63, 3.8) is 0 Å². The highest BCUT2D eigenvalue weighted by Gasteiger charge is 2.38. The van der Waals surface area contributed by atoms with Crippen molar-refractivity contribution in [1.29, 1.82) is 0 Å². The van der Waals surface area contributed by atoms with Gasteiger partial charge in [0, 0.05) is 37.3 Å². The maximum Gasteiger partial charge on any atom is 0.223 e. The highest BCUT2D eigenvalue weighted by Crippen LogP contribution is 2.37. The van der Waals surface area contributed by atoms with Crippen molar-refractivity contribution in [3.8, 4) is 0 Å². The summed E-state index contributed by atoms with van der Waals surface area (Å²) < 4.78 is 5.37. The molecule has 5 nitrogen and oxygen atoms in total. The van der Waals surface area contributed by atoms with Gasteiger partial charge in [-0.2, -0.15) is 0 Å². The molecule has 0 aromatic carbocycles. The summed E-state index contributed by atoms with van der Waals surface area (Å²) in [6.45, 7) is 5.87. The van der Waals surface area contributed by atoms with E-state index >= 15 is 0 Å². The molecule has 2 fully saturated rings. The Morgan fingerprint density at radius 1 is 1.50 bits per heavy atom. The van der Waals surface area contributed by atoms with Gasteiger partial charge in [0.05, 0.1) is 13.2 Å². The summed E-state index contributed by atoms with van der Waals surface area (Å²) in [6, 6.07) is 3.96. The van der Waals surface area contributed by atoms with Crippen molar-refractivity contribution >= 4 is 11.7 Å². The molecule has 0 unspecified atom stereocenters. The number of pyridine rings is 1. The Balaban J connectivity index is 1.64. The topological polar surface area (TPSA) is 54.5 Å². The Morgan fingerprint density at radius 2 is 2.25 bits per heavy atom. The van der Waals surface area contributed by atoms with E-state index in [1.165, 1.54) is 0 Å². The van der Waals surface area contributed by atoms with Crippen molar-refractivity contribution < 1.29 is 9.53 Å². The minimum Gasteiger partial charge on any atom is -0.378 e. The minimum atomic E-state index is 0.175. The van der Waals surface area contributed by atoms with Gasteiger partial charge in [-0.15, -0.1) is 0 Å². The van der Waals surface area contributed by atoms with Gasteiger partial charge in [0.15, 0.2) is 0 Å². The lowest BCUT2D eigenvalue weighted by atomic mass is 10.2. The van der Waals surface area contributed by atoms with E-state index in [4.69, 9.17) is 4.74 Å². The molecule has 1 amide bonds. The number of ether oxygens (including phenoxy) is 1. The van der Waals surface area contributed by atoms with E-state index < -0.39 is 0 Å². The molecule has 0 radical (unpaired) electrons. The van der Waals surface area contributed by atoms with Crippen LogP contribution in [0.1, 0.15) is 18.9 Å². The Labute approximate surface area is 119 Å². The number of rotatable bonds is 4. The number of hydrogen-bond acceptors (Lipinski definition) is 4. The van der Waals surface area contributed by atoms with Gasteiger partial charge in [-0.3, -0.25) is 4.79 Å². The van der Waals surface area contributed by atoms with Gasteiger partial charge >= 0.3 is 0 Å². The molecule has 0 spiro atoms. The third-order valence-corrected chi connectivity index (χ3v) is 4.08. The molecular formula is C15H21N3O2. The van der Waals surface area contributed by atoms with E-state index in [0.29, 0.717) is 12.5 Å². The summed E-state index contributed by atoms with van der Waals surface area (Å²) in [5.41, 5.74) is 1.08. The first-order valence-corrected chi connectivity index (χ1v) is 7.30. The zero-order chi connectivity index (χ0) is 13.9. The first-order valence-electron chi connectivity index (χ1n) is 7.30. The highest BCUT2D eigenvalue weighted by atomic mass is 16.5. The summed E-state index contributed by atoms with van der Waals surface area (Å²) in [7, 11) is 0. The minimum absolute atomic E-state index is 0.175. The van der Waals surface area contributed by atoms with Crippen molar-refractivity contribution in [2.45, 2.75) is 19.9 Å². The predicted molar refractivity (Wildman–Crippen MR) is 76.4 cm³/mol. The van der Waals surface area contributed by atoms with Crippen LogP contribution in [0.15, 0.2) is 18.3 Å². The summed E-state index contributed by atoms with van der Waals surface area (Å²) in [5, 5.41) is 3.03. The fourth-order valence-electron chi connectivity index (χ4n) is 2.63. The predicted octanol–water partition coefficient (Wildman–Crippen LogP) is 1.19. The largest absolute Gasteiger partial charge is 0.378 e. The first-order chi connectivity index (χ1) is 9.75. The van der Waals surface area contributed by atoms with Crippen LogP contribution in [0.3, 0.4) is 0 Å². The van der Waals surface area contributed by atoms with Crippen LogP contribution in [0.4, 0.5) is 5.82 Å². The van der Waals surface area contributed by atoms with E-state index in [-0.39, 0.29) is 11.8 Å². The molecule has 1 aliphatic carbocycles. The van der Waals surface area contributed by atoms with Crippen molar-refractivity contribution in [3.05, 3.63) is 23.9 Å². The number of carbonyl (C=O) groups excluding carboxylic acids is 1. The van der Waals surface area contributed by atoms with Crippen LogP contribution in [0.2, 0.25) is 0 Å². The van der Waals surface area contributed by atoms with Gasteiger partial charge in [0.25, 0.3) is 0 Å². The maximum atomic E-state index is 11.9. The van der Waals surface area contributed by atoms with Crippen LogP contribution in [-0.2, 0) is 16.1 Å². The fourth-order valence-corrected chi connectivity index (χ4v) is 2.63. The third-order valence-electron chi connectivity index (χ3n) is 4.08. The number of hydrogen-bond donors (Lipinski definition) is 1. The third kappa shape index (κ3) is 2.93. The van der Waals surface area contributed by atoms with E-state index in [1.807, 2.05) is 12.1 Å². The molecular weight excluding hydrogens is 254 g/mol. The molecule has 2 atom stereocenters. The molecule has 5 heteroatoms. The Morgan fingerprint density at radius 3 is 2.95 bits per heavy atom. The molecule has 3 rings (SSSR count). The Hall–Kier alpha value is -1.62. The smallest absolute Gasteiger partial charge is 0.223 e. The number of anilines is 1. The molecule has 2 heterocycles. The van der Waals surface area contributed by atoms with Crippen LogP contribution in [0.5, 0.6) is 0 Å². The molecule has 108 valence electrons. The van der Waals surface area contributed by atoms with E-state index in [2.05, 4.69) is 22.1 Å². The fraction of sp³-hybridized carbons (Fsp3) is 0.600. The molecule has 1 N–H and O–H groups in total. The van der Waals surface area contributed by atoms with Gasteiger partial charge in [0.2, 0.25) is 5.91 Å². The average molecular weight is 275 g/mol. The molecule has 1 aliphatic heterocycles. The SMILES string of the molecule is C[C@@H]1C[C@H]1C(=O)NCc1cccnc1N1CCOCC1. The van der Waals surface area contributed by atoms with E-state index in [9.17, 15) is 4.79 Å². The second kappa shape index (κ2) is 5.79. The second-order valence-electron chi connectivity index (χ2n) is 5.62. The van der Waals surface area contributed by atoms with Crippen LogP contribution in [-0.4, -0.2) is 37.2 Å². The van der Waals surface area contributed by atoms with Crippen molar-refractivity contribution in [2.24, 2.45) is 11.8 Å². The number of nitrogens with zero attached hydrogens (tertiary/aromatic N) is 2. The monoisotopic (exact) mass is 275 g/mol. The summed E-state index contributed by atoms with van der Waals surface area (Å²) in [6.07, 6.45) is 2.83. The summed E-state index contributed by atoms with van der Waals surface area (Å²) >= 11 is 0. The standard InChI is InChI=1S/C15H21N3O2/c1-11-9-13(11)15(19)17-10-12-3-2-4-16-14(12)18-5-7-20-8-6-18/h2-4,11,13H,5-10H2,1H3,(H,17,19)/t11-,13-/m1/s1. The zero-order valence-electron chi connectivity index (χ0n) is 11.8. The first kappa shape index (κ1) is 13.4. The quantitative estimate of drug-likeness (QED) is 0.897. The number of carbonyl (C=O) groups is 1. The van der Waals surface area contributed by atoms with Crippen LogP contribution >= 0.6 is 0 Å². The van der Waals surface area contributed by atoms with Gasteiger partial charge in [-0.05, 0) is 18.4 Å². The van der Waals surface area contributed by atoms with Crippen LogP contribution < -0.4 is 10.2 Å². The number of morpholine rings is 1. The summed E-state index contributed by atoms with van der Waals surface area (Å²) in [5.74, 6) is 1.91. The number of nitrogens with one attached hydrogen (secondary N) is 1. The second-order valence-corrected chi connectivity index (χ2v) is 5.62. The molecule has 2 aliphatic rings. The molecule has 0 bridgehead atoms. The molecule has 1 aromatic rings. The average Bonchev–Trinajstić information content (AvgIpc) is 3.23. The Kier molecular flexibility index (Phi) is 3.87. The molecule has 20 heavy (non-hydrogen) atoms. The van der Waals surface area contributed by atoms with Crippen LogP contribution in [0, 0.1) is 11.8 Å². The van der Waals surface area contributed by atoms with Gasteiger partial charge in [-0.25, -0.2) is 4.98 Å². The lowest BCUT2D eigenvalue weighted by Crippen LogP contribution is -2.38. The van der Waals surface area contributed by atoms with Crippen molar-refractivity contribution in [2.75, 3.05) is 31.2 Å². The molecule has 1 saturated heterocycles. The normalized spacial score (nSPS) is 25.4. The van der Waals surface area contributed by atoms with E-state index in [0.717, 1.165) is 44.1 Å². The van der Waals surface area contributed by atoms with Gasteiger partial charge in [0.1, 0.15) is 5.82 Å². The van der Waals surface area contributed by atoms with Gasteiger partial charge in [-0.1, -0.05) is 13.0 Å². The lowest BCUT2D eigenvalue weighted by molar-refractivity contribution is -0.122. The zero-order valence-corrected chi connectivity index (χ0v) is 11.8. The maximum absolute atomic E-state index is 11.9.